The third-order valence-electron chi connectivity index (χ3n) is 9.86. The number of benzene rings is 3. The minimum absolute atomic E-state index is 0.0214. The molecular weight excluding hydrogens is 472 g/mol. The molecule has 1 aliphatic heterocycles. The van der Waals surface area contributed by atoms with Gasteiger partial charge in [-0.15, -0.1) is 0 Å². The van der Waals surface area contributed by atoms with Crippen molar-refractivity contribution in [1.82, 2.24) is 0 Å². The van der Waals surface area contributed by atoms with Crippen LogP contribution in [0.25, 0.3) is 11.1 Å². The van der Waals surface area contributed by atoms with Gasteiger partial charge in [0.25, 0.3) is 0 Å². The number of fused-ring (bicyclic) bond motifs is 3. The molecule has 0 atom stereocenters. The van der Waals surface area contributed by atoms with Crippen molar-refractivity contribution in [3.8, 4) is 16.9 Å². The highest BCUT2D eigenvalue weighted by Gasteiger charge is 2.57. The first-order valence-corrected chi connectivity index (χ1v) is 15.4. The van der Waals surface area contributed by atoms with E-state index in [2.05, 4.69) is 81.4 Å². The van der Waals surface area contributed by atoms with E-state index in [1.807, 2.05) is 0 Å². The average Bonchev–Trinajstić information content (AvgIpc) is 3.21. The van der Waals surface area contributed by atoms with Gasteiger partial charge in [-0.3, -0.25) is 0 Å². The maximum Gasteiger partial charge on any atom is 0.344 e. The topological polar surface area (TPSA) is 35.5 Å². The van der Waals surface area contributed by atoms with Crippen LogP contribution in [0, 0.1) is 37.5 Å². The molecule has 3 aromatic rings. The lowest BCUT2D eigenvalue weighted by Gasteiger charge is -2.59. The number of carbonyl (C=O) groups excluding carboxylic acids is 1. The largest absolute Gasteiger partial charge is 0.481 e. The van der Waals surface area contributed by atoms with Gasteiger partial charge >= 0.3 is 5.97 Å². The van der Waals surface area contributed by atoms with Gasteiger partial charge in [-0.2, -0.15) is 0 Å². The quantitative estimate of drug-likeness (QED) is 0.284. The van der Waals surface area contributed by atoms with Crippen molar-refractivity contribution in [2.24, 2.45) is 23.7 Å². The molecule has 4 saturated carbocycles. The van der Waals surface area contributed by atoms with Crippen molar-refractivity contribution in [1.29, 1.82) is 0 Å². The summed E-state index contributed by atoms with van der Waals surface area (Å²) in [4.78, 5) is 13.0. The molecule has 0 aromatic heterocycles. The van der Waals surface area contributed by atoms with Crippen molar-refractivity contribution in [3.63, 3.8) is 0 Å². The van der Waals surface area contributed by atoms with Crippen molar-refractivity contribution < 1.29 is 14.3 Å². The SMILES string of the molecule is Cc1cc([Si]2c3ccccc3-c3ccccc32)cc(C)c1OCC(=O)OC1(C)C2CC3CC(C2)CC1C3. The fourth-order valence-corrected chi connectivity index (χ4v) is 11.5. The first-order valence-electron chi connectivity index (χ1n) is 13.9. The molecule has 4 fully saturated rings. The van der Waals surface area contributed by atoms with Gasteiger partial charge in [0, 0.05) is 0 Å². The number of esters is 1. The normalized spacial score (nSPS) is 29.2. The standard InChI is InChI=1S/C33H35O3Si/c1-20-12-26(37-29-10-6-4-8-27(29)28-9-5-7-11-30(28)37)13-21(2)32(20)35-19-31(34)36-33(3)24-15-22-14-23(17-24)18-25(33)16-22/h4-13,22-25H,14-19H2,1-3H3. The third kappa shape index (κ3) is 3.71. The van der Waals surface area contributed by atoms with Crippen LogP contribution in [-0.2, 0) is 9.53 Å². The van der Waals surface area contributed by atoms with Gasteiger partial charge in [-0.1, -0.05) is 60.7 Å². The van der Waals surface area contributed by atoms with Gasteiger partial charge < -0.3 is 9.47 Å². The molecule has 0 amide bonds. The second-order valence-electron chi connectivity index (χ2n) is 12.2. The summed E-state index contributed by atoms with van der Waals surface area (Å²) in [5, 5.41) is 4.27. The molecule has 0 N–H and O–H groups in total. The van der Waals surface area contributed by atoms with Crippen LogP contribution in [0.2, 0.25) is 0 Å². The summed E-state index contributed by atoms with van der Waals surface area (Å²) in [5.41, 5.74) is 4.59. The molecule has 0 saturated heterocycles. The first-order chi connectivity index (χ1) is 17.9. The van der Waals surface area contributed by atoms with Crippen molar-refractivity contribution >= 4 is 30.3 Å². The molecule has 5 aliphatic rings. The van der Waals surface area contributed by atoms with Crippen molar-refractivity contribution in [2.75, 3.05) is 6.61 Å². The number of ether oxygens (including phenoxy) is 2. The maximum atomic E-state index is 13.0. The van der Waals surface area contributed by atoms with E-state index in [-0.39, 0.29) is 18.2 Å². The second-order valence-corrected chi connectivity index (χ2v) is 14.6. The average molecular weight is 508 g/mol. The van der Waals surface area contributed by atoms with Crippen LogP contribution in [0.3, 0.4) is 0 Å². The number of carbonyl (C=O) groups is 1. The number of hydrogen-bond donors (Lipinski definition) is 0. The van der Waals surface area contributed by atoms with E-state index >= 15 is 0 Å². The highest BCUT2D eigenvalue weighted by atomic mass is 28.3. The van der Waals surface area contributed by atoms with Crippen LogP contribution < -0.4 is 20.3 Å². The molecular formula is C33H35O3Si. The van der Waals surface area contributed by atoms with Crippen molar-refractivity contribution in [3.05, 3.63) is 71.8 Å². The molecule has 1 heterocycles. The van der Waals surface area contributed by atoms with Gasteiger partial charge in [0.2, 0.25) is 0 Å². The zero-order valence-electron chi connectivity index (χ0n) is 22.1. The smallest absolute Gasteiger partial charge is 0.344 e. The molecule has 37 heavy (non-hydrogen) atoms. The van der Waals surface area contributed by atoms with E-state index in [9.17, 15) is 4.79 Å². The van der Waals surface area contributed by atoms with E-state index in [4.69, 9.17) is 9.47 Å². The summed E-state index contributed by atoms with van der Waals surface area (Å²) in [5.74, 6) is 3.36. The Hall–Kier alpha value is -2.85. The van der Waals surface area contributed by atoms with Crippen LogP contribution in [0.4, 0.5) is 0 Å². The number of hydrogen-bond acceptors (Lipinski definition) is 3. The van der Waals surface area contributed by atoms with E-state index in [0.717, 1.165) is 28.7 Å². The molecule has 3 nitrogen and oxygen atoms in total. The molecule has 4 aliphatic carbocycles. The first kappa shape index (κ1) is 23.3. The van der Waals surface area contributed by atoms with Crippen molar-refractivity contribution in [2.45, 2.75) is 58.5 Å². The summed E-state index contributed by atoms with van der Waals surface area (Å²) in [6, 6.07) is 22.2. The molecule has 0 spiro atoms. The Bertz CT molecular complexity index is 1300. The Kier molecular flexibility index (Phi) is 5.40. The Morgan fingerprint density at radius 1 is 0.838 bits per heavy atom. The fourth-order valence-electron chi connectivity index (χ4n) is 8.34. The molecule has 189 valence electrons. The second kappa shape index (κ2) is 8.59. The number of rotatable bonds is 5. The van der Waals surface area contributed by atoms with Crippen LogP contribution in [-0.4, -0.2) is 27.0 Å². The monoisotopic (exact) mass is 507 g/mol. The Morgan fingerprint density at radius 3 is 1.89 bits per heavy atom. The highest BCUT2D eigenvalue weighted by Crippen LogP contribution is 2.59. The maximum absolute atomic E-state index is 13.0. The minimum Gasteiger partial charge on any atom is -0.481 e. The molecule has 8 rings (SSSR count). The van der Waals surface area contributed by atoms with E-state index < -0.39 is 8.80 Å². The summed E-state index contributed by atoms with van der Waals surface area (Å²) in [6.07, 6.45) is 6.32. The predicted molar refractivity (Wildman–Crippen MR) is 149 cm³/mol. The summed E-state index contributed by atoms with van der Waals surface area (Å²) in [7, 11) is -1.08. The zero-order chi connectivity index (χ0) is 25.3. The molecule has 3 aromatic carbocycles. The van der Waals surface area contributed by atoms with Gasteiger partial charge in [0.05, 0.1) is 0 Å². The Labute approximate surface area is 221 Å². The lowest BCUT2D eigenvalue weighted by molar-refractivity contribution is -0.204. The van der Waals surface area contributed by atoms with E-state index in [1.165, 1.54) is 58.8 Å². The fraction of sp³-hybridized carbons (Fsp3) is 0.424. The van der Waals surface area contributed by atoms with Gasteiger partial charge in [0.15, 0.2) is 15.4 Å². The lowest BCUT2D eigenvalue weighted by Crippen LogP contribution is -2.58. The molecule has 0 unspecified atom stereocenters. The molecule has 4 bridgehead atoms. The van der Waals surface area contributed by atoms with E-state index in [1.54, 1.807) is 0 Å². The van der Waals surface area contributed by atoms with Gasteiger partial charge in [-0.25, -0.2) is 4.79 Å². The molecule has 4 heteroatoms. The summed E-state index contributed by atoms with van der Waals surface area (Å²) >= 11 is 0. The van der Waals surface area contributed by atoms with Crippen LogP contribution >= 0.6 is 0 Å². The van der Waals surface area contributed by atoms with E-state index in [0.29, 0.717) is 11.8 Å². The zero-order valence-corrected chi connectivity index (χ0v) is 23.1. The molecule has 1 radical (unpaired) electrons. The Balaban J connectivity index is 1.10. The Morgan fingerprint density at radius 2 is 1.35 bits per heavy atom. The minimum atomic E-state index is -1.08. The third-order valence-corrected chi connectivity index (χ3v) is 12.7. The summed E-state index contributed by atoms with van der Waals surface area (Å²) < 4.78 is 12.4. The van der Waals surface area contributed by atoms with Crippen LogP contribution in [0.1, 0.15) is 50.2 Å². The van der Waals surface area contributed by atoms with Gasteiger partial charge in [-0.05, 0) is 114 Å². The lowest BCUT2D eigenvalue weighted by atomic mass is 9.50. The predicted octanol–water partition coefficient (Wildman–Crippen LogP) is 4.94. The number of aryl methyl sites for hydroxylation is 2. The highest BCUT2D eigenvalue weighted by molar-refractivity contribution is 6.99. The van der Waals surface area contributed by atoms with Gasteiger partial charge in [0.1, 0.15) is 11.4 Å². The van der Waals surface area contributed by atoms with Crippen LogP contribution in [0.15, 0.2) is 60.7 Å². The van der Waals surface area contributed by atoms with Crippen LogP contribution in [0.5, 0.6) is 5.75 Å². The summed E-state index contributed by atoms with van der Waals surface area (Å²) in [6.45, 7) is 6.38.